The summed E-state index contributed by atoms with van der Waals surface area (Å²) in [7, 11) is 1.55. The lowest BCUT2D eigenvalue weighted by Gasteiger charge is -2.30. The number of nitrogens with one attached hydrogen (secondary N) is 3. The van der Waals surface area contributed by atoms with Crippen LogP contribution >= 0.6 is 11.6 Å². The maximum atomic E-state index is 13.7. The van der Waals surface area contributed by atoms with Crippen LogP contribution in [-0.2, 0) is 4.79 Å². The maximum absolute atomic E-state index is 13.7. The Morgan fingerprint density at radius 2 is 1.65 bits per heavy atom. The number of methoxy groups -OCH3 is 1. The van der Waals surface area contributed by atoms with Crippen molar-refractivity contribution in [1.82, 2.24) is 9.78 Å². The second-order valence-corrected chi connectivity index (χ2v) is 8.88. The van der Waals surface area contributed by atoms with Gasteiger partial charge in [0.25, 0.3) is 11.8 Å². The fourth-order valence-electron chi connectivity index (χ4n) is 4.33. The summed E-state index contributed by atoms with van der Waals surface area (Å²) >= 11 is 6.15. The first-order chi connectivity index (χ1) is 18.0. The fraction of sp³-hybridized carbons (Fsp3) is 0.107. The van der Waals surface area contributed by atoms with Crippen LogP contribution in [0.2, 0.25) is 5.02 Å². The average Bonchev–Trinajstić information content (AvgIpc) is 3.33. The summed E-state index contributed by atoms with van der Waals surface area (Å²) < 4.78 is 7.04. The minimum Gasteiger partial charge on any atom is -0.495 e. The lowest BCUT2D eigenvalue weighted by atomic mass is 9.94. The molecule has 0 spiro atoms. The van der Waals surface area contributed by atoms with Gasteiger partial charge in [-0.15, -0.1) is 0 Å². The highest BCUT2D eigenvalue weighted by Gasteiger charge is 2.35. The van der Waals surface area contributed by atoms with Gasteiger partial charge in [0.2, 0.25) is 0 Å². The number of para-hydroxylation sites is 3. The molecule has 0 fully saturated rings. The van der Waals surface area contributed by atoms with Gasteiger partial charge in [-0.2, -0.15) is 5.10 Å². The Bertz CT molecular complexity index is 1500. The quantitative estimate of drug-likeness (QED) is 0.306. The number of anilines is 3. The molecule has 1 aliphatic rings. The van der Waals surface area contributed by atoms with E-state index in [0.29, 0.717) is 44.8 Å². The van der Waals surface area contributed by atoms with Gasteiger partial charge in [0, 0.05) is 16.4 Å². The molecule has 0 aliphatic carbocycles. The van der Waals surface area contributed by atoms with Gasteiger partial charge in [-0.05, 0) is 48.9 Å². The third kappa shape index (κ3) is 4.79. The molecule has 8 nitrogen and oxygen atoms in total. The van der Waals surface area contributed by atoms with Crippen molar-refractivity contribution in [3.8, 4) is 5.75 Å². The van der Waals surface area contributed by atoms with Gasteiger partial charge in [0.15, 0.2) is 0 Å². The Labute approximate surface area is 218 Å². The minimum atomic E-state index is -0.610. The Morgan fingerprint density at radius 1 is 0.946 bits per heavy atom. The van der Waals surface area contributed by atoms with Crippen molar-refractivity contribution in [3.05, 3.63) is 112 Å². The van der Waals surface area contributed by atoms with Crippen molar-refractivity contribution in [3.63, 3.8) is 0 Å². The predicted octanol–water partition coefficient (Wildman–Crippen LogP) is 5.73. The summed E-state index contributed by atoms with van der Waals surface area (Å²) in [5.41, 5.74) is 3.38. The molecule has 9 heteroatoms. The summed E-state index contributed by atoms with van der Waals surface area (Å²) in [5.74, 6) is 0.385. The summed E-state index contributed by atoms with van der Waals surface area (Å²) in [6.07, 6.45) is 1.50. The number of benzene rings is 3. The van der Waals surface area contributed by atoms with Gasteiger partial charge in [0.1, 0.15) is 23.2 Å². The van der Waals surface area contributed by atoms with Crippen LogP contribution in [-0.4, -0.2) is 28.7 Å². The normalized spacial score (nSPS) is 14.4. The van der Waals surface area contributed by atoms with Crippen molar-refractivity contribution >= 4 is 40.6 Å². The van der Waals surface area contributed by atoms with Crippen LogP contribution in [0.4, 0.5) is 17.2 Å². The predicted molar refractivity (Wildman–Crippen MR) is 144 cm³/mol. The molecular formula is C28H24ClN5O3. The standard InChI is InChI=1S/C28H24ClN5O3/c1-17-24(28(36)33-22-10-6-7-11-23(22)37-2)25(18-12-14-19(29)15-13-18)34-26(31-17)21(16-30-34)27(35)32-20-8-4-3-5-9-20/h3-16,25,31H,1-2H3,(H,32,35)(H,33,36). The molecule has 2 heterocycles. The van der Waals surface area contributed by atoms with Gasteiger partial charge >= 0.3 is 0 Å². The van der Waals surface area contributed by atoms with Crippen molar-refractivity contribution in [2.45, 2.75) is 13.0 Å². The van der Waals surface area contributed by atoms with Crippen molar-refractivity contribution < 1.29 is 14.3 Å². The molecule has 1 atom stereocenters. The van der Waals surface area contributed by atoms with E-state index < -0.39 is 6.04 Å². The number of aromatic nitrogens is 2. The van der Waals surface area contributed by atoms with Crippen molar-refractivity contribution in [2.24, 2.45) is 0 Å². The zero-order chi connectivity index (χ0) is 25.9. The van der Waals surface area contributed by atoms with E-state index in [-0.39, 0.29) is 11.8 Å². The molecule has 1 aliphatic heterocycles. The molecule has 186 valence electrons. The monoisotopic (exact) mass is 513 g/mol. The highest BCUT2D eigenvalue weighted by molar-refractivity contribution is 6.30. The largest absolute Gasteiger partial charge is 0.495 e. The number of fused-ring (bicyclic) bond motifs is 1. The molecule has 1 aromatic heterocycles. The third-order valence-electron chi connectivity index (χ3n) is 6.09. The van der Waals surface area contributed by atoms with E-state index in [1.165, 1.54) is 6.20 Å². The molecule has 3 aromatic carbocycles. The van der Waals surface area contributed by atoms with E-state index in [1.807, 2.05) is 54.6 Å². The van der Waals surface area contributed by atoms with Gasteiger partial charge in [-0.1, -0.05) is 54.1 Å². The van der Waals surface area contributed by atoms with E-state index in [1.54, 1.807) is 43.0 Å². The van der Waals surface area contributed by atoms with Crippen LogP contribution in [0.3, 0.4) is 0 Å². The molecule has 0 bridgehead atoms. The van der Waals surface area contributed by atoms with Crippen molar-refractivity contribution in [2.75, 3.05) is 23.1 Å². The Morgan fingerprint density at radius 3 is 2.38 bits per heavy atom. The zero-order valence-corrected chi connectivity index (χ0v) is 20.9. The number of halogens is 1. The maximum Gasteiger partial charge on any atom is 0.261 e. The van der Waals surface area contributed by atoms with Crippen LogP contribution in [0.25, 0.3) is 0 Å². The van der Waals surface area contributed by atoms with Crippen LogP contribution < -0.4 is 20.7 Å². The second kappa shape index (κ2) is 10.2. The molecular weight excluding hydrogens is 490 g/mol. The summed E-state index contributed by atoms with van der Waals surface area (Å²) in [6.45, 7) is 1.80. The number of ether oxygens (including phenoxy) is 1. The molecule has 0 saturated heterocycles. The highest BCUT2D eigenvalue weighted by atomic mass is 35.5. The number of rotatable bonds is 6. The number of hydrogen-bond acceptors (Lipinski definition) is 5. The van der Waals surface area contributed by atoms with Gasteiger partial charge < -0.3 is 20.7 Å². The topological polar surface area (TPSA) is 97.3 Å². The zero-order valence-electron chi connectivity index (χ0n) is 20.2. The number of carbonyl (C=O) groups excluding carboxylic acids is 2. The lowest BCUT2D eigenvalue weighted by Crippen LogP contribution is -2.32. The molecule has 5 rings (SSSR count). The van der Waals surface area contributed by atoms with E-state index in [4.69, 9.17) is 16.3 Å². The molecule has 0 saturated carbocycles. The average molecular weight is 514 g/mol. The van der Waals surface area contributed by atoms with E-state index in [0.717, 1.165) is 5.56 Å². The smallest absolute Gasteiger partial charge is 0.261 e. The molecule has 0 radical (unpaired) electrons. The van der Waals surface area contributed by atoms with Crippen LogP contribution in [0, 0.1) is 0 Å². The Hall–Kier alpha value is -4.56. The lowest BCUT2D eigenvalue weighted by molar-refractivity contribution is -0.113. The molecule has 37 heavy (non-hydrogen) atoms. The van der Waals surface area contributed by atoms with E-state index in [9.17, 15) is 9.59 Å². The first-order valence-electron chi connectivity index (χ1n) is 11.6. The van der Waals surface area contributed by atoms with E-state index >= 15 is 0 Å². The van der Waals surface area contributed by atoms with Gasteiger partial charge in [-0.25, -0.2) is 4.68 Å². The first-order valence-corrected chi connectivity index (χ1v) is 12.0. The van der Waals surface area contributed by atoms with Crippen LogP contribution in [0.1, 0.15) is 28.9 Å². The second-order valence-electron chi connectivity index (χ2n) is 8.44. The van der Waals surface area contributed by atoms with E-state index in [2.05, 4.69) is 21.0 Å². The Kier molecular flexibility index (Phi) is 6.66. The number of carbonyl (C=O) groups is 2. The molecule has 1 unspecified atom stereocenters. The number of nitrogens with zero attached hydrogens (tertiary/aromatic N) is 2. The third-order valence-corrected chi connectivity index (χ3v) is 6.34. The van der Waals surface area contributed by atoms with Gasteiger partial charge in [0.05, 0.1) is 24.6 Å². The van der Waals surface area contributed by atoms with Gasteiger partial charge in [-0.3, -0.25) is 9.59 Å². The summed E-state index contributed by atoms with van der Waals surface area (Å²) in [4.78, 5) is 26.8. The molecule has 2 amide bonds. The fourth-order valence-corrected chi connectivity index (χ4v) is 4.45. The van der Waals surface area contributed by atoms with Crippen LogP contribution in [0.15, 0.2) is 96.3 Å². The highest BCUT2D eigenvalue weighted by Crippen LogP contribution is 2.38. The Balaban J connectivity index is 1.55. The SMILES string of the molecule is COc1ccccc1NC(=O)C1=C(C)Nc2c(C(=O)Nc3ccccc3)cnn2C1c1ccc(Cl)cc1. The summed E-state index contributed by atoms with van der Waals surface area (Å²) in [5, 5.41) is 14.2. The minimum absolute atomic E-state index is 0.315. The van der Waals surface area contributed by atoms with Crippen LogP contribution in [0.5, 0.6) is 5.75 Å². The number of amides is 2. The first kappa shape index (κ1) is 24.1. The molecule has 4 aromatic rings. The summed E-state index contributed by atoms with van der Waals surface area (Å²) in [6, 6.07) is 23.0. The number of allylic oxidation sites excluding steroid dienone is 1. The van der Waals surface area contributed by atoms with Crippen molar-refractivity contribution in [1.29, 1.82) is 0 Å². The molecule has 3 N–H and O–H groups in total. The number of hydrogen-bond donors (Lipinski definition) is 3.